The zero-order chi connectivity index (χ0) is 13.8. The van der Waals surface area contributed by atoms with Gasteiger partial charge in [0.15, 0.2) is 5.65 Å². The van der Waals surface area contributed by atoms with Gasteiger partial charge in [0, 0.05) is 18.8 Å². The molecule has 0 bridgehead atoms. The van der Waals surface area contributed by atoms with Crippen LogP contribution in [-0.4, -0.2) is 45.2 Å². The number of rotatable bonds is 6. The molecule has 1 N–H and O–H groups in total. The molecule has 2 rings (SSSR count). The topological polar surface area (TPSA) is 45.5 Å². The Kier molecular flexibility index (Phi) is 4.76. The molecule has 0 spiro atoms. The fourth-order valence-corrected chi connectivity index (χ4v) is 2.45. The minimum atomic E-state index is 0.358. The SMILES string of the molecule is CCN(CC)CC(C)Nc1ccn2ncc(Br)c2n1. The summed E-state index contributed by atoms with van der Waals surface area (Å²) >= 11 is 3.45. The molecular formula is C13H20BrN5. The van der Waals surface area contributed by atoms with Crippen molar-refractivity contribution in [3.8, 4) is 0 Å². The minimum absolute atomic E-state index is 0.358. The highest BCUT2D eigenvalue weighted by Gasteiger charge is 2.09. The Morgan fingerprint density at radius 1 is 1.42 bits per heavy atom. The van der Waals surface area contributed by atoms with Gasteiger partial charge in [-0.25, -0.2) is 9.50 Å². The first kappa shape index (κ1) is 14.3. The van der Waals surface area contributed by atoms with Crippen LogP contribution in [0.15, 0.2) is 22.9 Å². The summed E-state index contributed by atoms with van der Waals surface area (Å²) < 4.78 is 2.66. The predicted molar refractivity (Wildman–Crippen MR) is 81.6 cm³/mol. The van der Waals surface area contributed by atoms with Gasteiger partial charge in [-0.2, -0.15) is 5.10 Å². The molecule has 104 valence electrons. The fourth-order valence-electron chi connectivity index (χ4n) is 2.09. The highest BCUT2D eigenvalue weighted by molar-refractivity contribution is 9.10. The molecule has 6 heteroatoms. The van der Waals surface area contributed by atoms with Crippen LogP contribution in [0.3, 0.4) is 0 Å². The van der Waals surface area contributed by atoms with Gasteiger partial charge in [0.05, 0.1) is 10.7 Å². The van der Waals surface area contributed by atoms with Crippen LogP contribution in [0.25, 0.3) is 5.65 Å². The summed E-state index contributed by atoms with van der Waals surface area (Å²) in [5.41, 5.74) is 0.833. The molecule has 2 heterocycles. The number of nitrogens with one attached hydrogen (secondary N) is 1. The number of nitrogens with zero attached hydrogens (tertiary/aromatic N) is 4. The largest absolute Gasteiger partial charge is 0.366 e. The zero-order valence-corrected chi connectivity index (χ0v) is 13.2. The molecule has 1 unspecified atom stereocenters. The smallest absolute Gasteiger partial charge is 0.171 e. The number of likely N-dealkylation sites (N-methyl/N-ethyl adjacent to an activating group) is 1. The van der Waals surface area contributed by atoms with E-state index in [-0.39, 0.29) is 0 Å². The second kappa shape index (κ2) is 6.34. The molecule has 2 aromatic rings. The Morgan fingerprint density at radius 2 is 2.16 bits per heavy atom. The standard InChI is InChI=1S/C13H20BrN5/c1-4-18(5-2)9-10(3)16-12-6-7-19-13(17-12)11(14)8-15-19/h6-8,10H,4-5,9H2,1-3H3,(H,16,17). The van der Waals surface area contributed by atoms with Crippen LogP contribution < -0.4 is 5.32 Å². The van der Waals surface area contributed by atoms with E-state index in [4.69, 9.17) is 0 Å². The van der Waals surface area contributed by atoms with E-state index in [0.29, 0.717) is 6.04 Å². The van der Waals surface area contributed by atoms with E-state index >= 15 is 0 Å². The molecule has 0 fully saturated rings. The minimum Gasteiger partial charge on any atom is -0.366 e. The summed E-state index contributed by atoms with van der Waals surface area (Å²) in [5.74, 6) is 0.883. The van der Waals surface area contributed by atoms with Crippen LogP contribution in [0, 0.1) is 0 Å². The summed E-state index contributed by atoms with van der Waals surface area (Å²) in [5, 5.41) is 7.62. The van der Waals surface area contributed by atoms with E-state index < -0.39 is 0 Å². The number of anilines is 1. The Labute approximate surface area is 122 Å². The lowest BCUT2D eigenvalue weighted by Crippen LogP contribution is -2.34. The van der Waals surface area contributed by atoms with Crippen molar-refractivity contribution < 1.29 is 0 Å². The first-order valence-corrected chi connectivity index (χ1v) is 7.42. The first-order chi connectivity index (χ1) is 9.13. The molecular weight excluding hydrogens is 306 g/mol. The van der Waals surface area contributed by atoms with E-state index in [0.717, 1.165) is 35.6 Å². The van der Waals surface area contributed by atoms with E-state index in [2.05, 4.69) is 57.0 Å². The first-order valence-electron chi connectivity index (χ1n) is 6.62. The van der Waals surface area contributed by atoms with Crippen molar-refractivity contribution in [3.63, 3.8) is 0 Å². The van der Waals surface area contributed by atoms with Crippen LogP contribution in [0.4, 0.5) is 5.82 Å². The van der Waals surface area contributed by atoms with Crippen molar-refractivity contribution >= 4 is 27.4 Å². The summed E-state index contributed by atoms with van der Waals surface area (Å²) in [7, 11) is 0. The molecule has 1 atom stereocenters. The molecule has 0 aromatic carbocycles. The molecule has 0 aliphatic heterocycles. The van der Waals surface area contributed by atoms with Gasteiger partial charge in [0.1, 0.15) is 5.82 Å². The van der Waals surface area contributed by atoms with Gasteiger partial charge in [-0.15, -0.1) is 0 Å². The number of aromatic nitrogens is 3. The quantitative estimate of drug-likeness (QED) is 0.886. The third-order valence-electron chi connectivity index (χ3n) is 3.15. The number of hydrogen-bond donors (Lipinski definition) is 1. The van der Waals surface area contributed by atoms with Crippen molar-refractivity contribution in [1.29, 1.82) is 0 Å². The van der Waals surface area contributed by atoms with Crippen LogP contribution in [0.5, 0.6) is 0 Å². The zero-order valence-electron chi connectivity index (χ0n) is 11.6. The van der Waals surface area contributed by atoms with Gasteiger partial charge in [-0.3, -0.25) is 0 Å². The molecule has 0 saturated heterocycles. The van der Waals surface area contributed by atoms with Gasteiger partial charge >= 0.3 is 0 Å². The maximum absolute atomic E-state index is 4.56. The van der Waals surface area contributed by atoms with Gasteiger partial charge < -0.3 is 10.2 Å². The maximum Gasteiger partial charge on any atom is 0.171 e. The van der Waals surface area contributed by atoms with Crippen molar-refractivity contribution in [1.82, 2.24) is 19.5 Å². The molecule has 5 nitrogen and oxygen atoms in total. The van der Waals surface area contributed by atoms with Crippen LogP contribution in [0.2, 0.25) is 0 Å². The lowest BCUT2D eigenvalue weighted by atomic mass is 10.3. The highest BCUT2D eigenvalue weighted by atomic mass is 79.9. The Balaban J connectivity index is 2.06. The van der Waals surface area contributed by atoms with E-state index in [9.17, 15) is 0 Å². The average Bonchev–Trinajstić information content (AvgIpc) is 2.77. The lowest BCUT2D eigenvalue weighted by Gasteiger charge is -2.23. The normalized spacial score (nSPS) is 13.1. The molecule has 0 saturated carbocycles. The number of fused-ring (bicyclic) bond motifs is 1. The van der Waals surface area contributed by atoms with E-state index in [1.807, 2.05) is 12.3 Å². The Bertz CT molecular complexity index is 535. The summed E-state index contributed by atoms with van der Waals surface area (Å²) in [4.78, 5) is 6.95. The van der Waals surface area contributed by atoms with Crippen LogP contribution in [-0.2, 0) is 0 Å². The summed E-state index contributed by atoms with van der Waals surface area (Å²) in [6.07, 6.45) is 3.67. The van der Waals surface area contributed by atoms with Gasteiger partial charge in [-0.1, -0.05) is 13.8 Å². The van der Waals surface area contributed by atoms with Crippen LogP contribution in [0.1, 0.15) is 20.8 Å². The Hall–Kier alpha value is -1.14. The van der Waals surface area contributed by atoms with Crippen molar-refractivity contribution in [2.24, 2.45) is 0 Å². The third kappa shape index (κ3) is 3.45. The second-order valence-electron chi connectivity index (χ2n) is 4.60. The molecule has 0 radical (unpaired) electrons. The molecule has 0 amide bonds. The molecule has 0 aliphatic rings. The second-order valence-corrected chi connectivity index (χ2v) is 5.46. The monoisotopic (exact) mass is 325 g/mol. The van der Waals surface area contributed by atoms with E-state index in [1.54, 1.807) is 10.7 Å². The molecule has 2 aromatic heterocycles. The van der Waals surface area contributed by atoms with Gasteiger partial charge in [-0.05, 0) is 42.0 Å². The van der Waals surface area contributed by atoms with Gasteiger partial charge in [0.25, 0.3) is 0 Å². The Morgan fingerprint density at radius 3 is 2.84 bits per heavy atom. The molecule has 0 aliphatic carbocycles. The summed E-state index contributed by atoms with van der Waals surface area (Å²) in [6, 6.07) is 2.31. The number of halogens is 1. The lowest BCUT2D eigenvalue weighted by molar-refractivity contribution is 0.294. The molecule has 19 heavy (non-hydrogen) atoms. The van der Waals surface area contributed by atoms with Crippen molar-refractivity contribution in [2.45, 2.75) is 26.8 Å². The summed E-state index contributed by atoms with van der Waals surface area (Å²) in [6.45, 7) is 9.70. The third-order valence-corrected chi connectivity index (χ3v) is 3.71. The van der Waals surface area contributed by atoms with Crippen molar-refractivity contribution in [2.75, 3.05) is 25.0 Å². The maximum atomic E-state index is 4.56. The van der Waals surface area contributed by atoms with Crippen LogP contribution >= 0.6 is 15.9 Å². The van der Waals surface area contributed by atoms with Gasteiger partial charge in [0.2, 0.25) is 0 Å². The average molecular weight is 326 g/mol. The van der Waals surface area contributed by atoms with Crippen molar-refractivity contribution in [3.05, 3.63) is 22.9 Å². The van der Waals surface area contributed by atoms with E-state index in [1.165, 1.54) is 0 Å². The highest BCUT2D eigenvalue weighted by Crippen LogP contribution is 2.17. The number of hydrogen-bond acceptors (Lipinski definition) is 4. The fraction of sp³-hybridized carbons (Fsp3) is 0.538. The predicted octanol–water partition coefficient (Wildman–Crippen LogP) is 2.63.